The molecule has 1 aliphatic carbocycles. The van der Waals surface area contributed by atoms with Gasteiger partial charge in [0.25, 0.3) is 0 Å². The molecule has 2 aliphatic rings. The second-order valence-corrected chi connectivity index (χ2v) is 9.46. The van der Waals surface area contributed by atoms with Crippen LogP contribution in [-0.2, 0) is 19.7 Å². The van der Waals surface area contributed by atoms with Gasteiger partial charge in [-0.25, -0.2) is 9.69 Å². The van der Waals surface area contributed by atoms with E-state index in [1.54, 1.807) is 69.3 Å². The van der Waals surface area contributed by atoms with Gasteiger partial charge in [-0.1, -0.05) is 60.7 Å². The first-order valence-corrected chi connectivity index (χ1v) is 11.1. The predicted molar refractivity (Wildman–Crippen MR) is 124 cm³/mol. The van der Waals surface area contributed by atoms with Crippen molar-refractivity contribution in [2.45, 2.75) is 44.6 Å². The number of nitrogens with zero attached hydrogens (tertiary/aromatic N) is 1. The van der Waals surface area contributed by atoms with Crippen LogP contribution in [0.1, 0.15) is 49.5 Å². The van der Waals surface area contributed by atoms with Crippen molar-refractivity contribution in [1.29, 1.82) is 0 Å². The van der Waals surface area contributed by atoms with Crippen molar-refractivity contribution in [3.05, 3.63) is 77.9 Å². The monoisotopic (exact) mass is 445 g/mol. The number of rotatable bonds is 4. The summed E-state index contributed by atoms with van der Waals surface area (Å²) in [5.41, 5.74) is -0.727. The predicted octanol–water partition coefficient (Wildman–Crippen LogP) is 4.87. The zero-order chi connectivity index (χ0) is 23.8. The molecule has 1 heterocycles. The van der Waals surface area contributed by atoms with Crippen molar-refractivity contribution in [3.8, 4) is 0 Å². The molecule has 2 aromatic carbocycles. The Morgan fingerprint density at radius 3 is 2.42 bits per heavy atom. The summed E-state index contributed by atoms with van der Waals surface area (Å²) >= 11 is 0. The number of amides is 2. The quantitative estimate of drug-likeness (QED) is 0.381. The van der Waals surface area contributed by atoms with Gasteiger partial charge in [-0.2, -0.15) is 0 Å². The average molecular weight is 446 g/mol. The highest BCUT2D eigenvalue weighted by Gasteiger charge is 2.63. The Balaban J connectivity index is 1.92. The van der Waals surface area contributed by atoms with Crippen LogP contribution in [0.25, 0.3) is 0 Å². The van der Waals surface area contributed by atoms with Crippen LogP contribution in [-0.4, -0.2) is 29.7 Å². The summed E-state index contributed by atoms with van der Waals surface area (Å²) in [6.07, 6.45) is 4.04. The van der Waals surface area contributed by atoms with Crippen molar-refractivity contribution in [1.82, 2.24) is 0 Å². The summed E-state index contributed by atoms with van der Waals surface area (Å²) in [5.74, 6) is -2.05. The lowest BCUT2D eigenvalue weighted by Gasteiger charge is -2.42. The van der Waals surface area contributed by atoms with E-state index < -0.39 is 34.9 Å². The number of hydrogen-bond donors (Lipinski definition) is 0. The number of para-hydroxylation sites is 1. The summed E-state index contributed by atoms with van der Waals surface area (Å²) in [4.78, 5) is 53.9. The minimum atomic E-state index is -1.38. The highest BCUT2D eigenvalue weighted by molar-refractivity contribution is 6.23. The molecule has 0 bridgehead atoms. The number of hydrogen-bond acceptors (Lipinski definition) is 5. The van der Waals surface area contributed by atoms with E-state index in [2.05, 4.69) is 0 Å². The normalized spacial score (nSPS) is 24.0. The summed E-state index contributed by atoms with van der Waals surface area (Å²) < 4.78 is 5.55. The molecule has 0 radical (unpaired) electrons. The third kappa shape index (κ3) is 3.69. The topological polar surface area (TPSA) is 80.8 Å². The number of benzene rings is 2. The molecule has 4 rings (SSSR count). The van der Waals surface area contributed by atoms with Gasteiger partial charge >= 0.3 is 6.09 Å². The van der Waals surface area contributed by atoms with Gasteiger partial charge in [-0.3, -0.25) is 9.59 Å². The summed E-state index contributed by atoms with van der Waals surface area (Å²) in [7, 11) is 0. The first kappa shape index (κ1) is 22.6. The van der Waals surface area contributed by atoms with Crippen LogP contribution in [0, 0.1) is 11.8 Å². The Bertz CT molecular complexity index is 1130. The highest BCUT2D eigenvalue weighted by atomic mass is 16.6. The Morgan fingerprint density at radius 1 is 1.09 bits per heavy atom. The fourth-order valence-corrected chi connectivity index (χ4v) is 5.07. The maximum atomic E-state index is 14.2. The molecule has 170 valence electrons. The second-order valence-electron chi connectivity index (χ2n) is 9.46. The highest BCUT2D eigenvalue weighted by Crippen LogP contribution is 2.55. The minimum Gasteiger partial charge on any atom is -0.443 e. The third-order valence-electron chi connectivity index (χ3n) is 6.32. The molecule has 2 aromatic rings. The summed E-state index contributed by atoms with van der Waals surface area (Å²) in [6.45, 7) is 5.19. The molecule has 6 nitrogen and oxygen atoms in total. The van der Waals surface area contributed by atoms with Crippen molar-refractivity contribution in [3.63, 3.8) is 0 Å². The maximum Gasteiger partial charge on any atom is 0.421 e. The van der Waals surface area contributed by atoms with E-state index in [4.69, 9.17) is 4.74 Å². The molecule has 0 unspecified atom stereocenters. The SMILES string of the molecule is CC(C)(C)OC(=O)N1C(=O)[C@@]2(c3ccccc31)[C@@H](CC=O)C=CC[C@@H]2C(=O)c1ccccc1. The van der Waals surface area contributed by atoms with Crippen LogP contribution in [0.3, 0.4) is 0 Å². The smallest absolute Gasteiger partial charge is 0.421 e. The van der Waals surface area contributed by atoms with E-state index in [9.17, 15) is 19.2 Å². The van der Waals surface area contributed by atoms with Crippen LogP contribution in [0.5, 0.6) is 0 Å². The molecule has 0 saturated heterocycles. The number of Topliss-reactive ketones (excluding diaryl/α,β-unsaturated/α-hetero) is 1. The molecule has 1 aliphatic heterocycles. The lowest BCUT2D eigenvalue weighted by Crippen LogP contribution is -2.55. The molecule has 33 heavy (non-hydrogen) atoms. The largest absolute Gasteiger partial charge is 0.443 e. The summed E-state index contributed by atoms with van der Waals surface area (Å²) in [6, 6.07) is 15.8. The Kier molecular flexibility index (Phi) is 5.78. The van der Waals surface area contributed by atoms with Gasteiger partial charge in [-0.05, 0) is 38.8 Å². The molecule has 0 saturated carbocycles. The first-order chi connectivity index (χ1) is 15.7. The van der Waals surface area contributed by atoms with Gasteiger partial charge in [0, 0.05) is 23.8 Å². The molecular formula is C27H27NO5. The number of imide groups is 1. The molecule has 3 atom stereocenters. The number of allylic oxidation sites excluding steroid dienone is 2. The lowest BCUT2D eigenvalue weighted by molar-refractivity contribution is -0.126. The molecular weight excluding hydrogens is 418 g/mol. The average Bonchev–Trinajstić information content (AvgIpc) is 3.03. The van der Waals surface area contributed by atoms with E-state index in [0.717, 1.165) is 11.2 Å². The standard InChI is InChI=1S/C27H27NO5/c1-26(2,3)33-25(32)28-22-15-8-7-13-20(22)27(24(28)31)19(16-17-29)12-9-14-21(27)23(30)18-10-5-4-6-11-18/h4-13,15,17,19,21H,14,16H2,1-3H3/t19-,21-,27-/m1/s1. The number of aldehydes is 1. The van der Waals surface area contributed by atoms with Gasteiger partial charge in [0.1, 0.15) is 11.9 Å². The van der Waals surface area contributed by atoms with Crippen molar-refractivity contribution < 1.29 is 23.9 Å². The Hall–Kier alpha value is -3.54. The van der Waals surface area contributed by atoms with Crippen molar-refractivity contribution in [2.24, 2.45) is 11.8 Å². The van der Waals surface area contributed by atoms with Gasteiger partial charge in [0.2, 0.25) is 5.91 Å². The first-order valence-electron chi connectivity index (χ1n) is 11.1. The number of ether oxygens (including phenoxy) is 1. The van der Waals surface area contributed by atoms with Crippen LogP contribution < -0.4 is 4.90 Å². The van der Waals surface area contributed by atoms with Gasteiger partial charge in [0.05, 0.1) is 11.1 Å². The van der Waals surface area contributed by atoms with E-state index in [1.165, 1.54) is 0 Å². The number of anilines is 1. The van der Waals surface area contributed by atoms with Crippen molar-refractivity contribution in [2.75, 3.05) is 4.90 Å². The molecule has 0 N–H and O–H groups in total. The third-order valence-corrected chi connectivity index (χ3v) is 6.32. The van der Waals surface area contributed by atoms with E-state index >= 15 is 0 Å². The number of carbonyl (C=O) groups is 4. The molecule has 6 heteroatoms. The van der Waals surface area contributed by atoms with E-state index in [-0.39, 0.29) is 12.2 Å². The molecule has 2 amide bonds. The van der Waals surface area contributed by atoms with Crippen LogP contribution >= 0.6 is 0 Å². The zero-order valence-corrected chi connectivity index (χ0v) is 19.0. The van der Waals surface area contributed by atoms with Gasteiger partial charge in [0.15, 0.2) is 5.78 Å². The number of ketones is 1. The van der Waals surface area contributed by atoms with Crippen LogP contribution in [0.15, 0.2) is 66.7 Å². The summed E-state index contributed by atoms with van der Waals surface area (Å²) in [5, 5.41) is 0. The maximum absolute atomic E-state index is 14.2. The molecule has 1 spiro atoms. The zero-order valence-electron chi connectivity index (χ0n) is 19.0. The molecule has 0 fully saturated rings. The Labute approximate surface area is 193 Å². The second kappa shape index (κ2) is 8.43. The van der Waals surface area contributed by atoms with E-state index in [1.807, 2.05) is 18.2 Å². The minimum absolute atomic E-state index is 0.0529. The Morgan fingerprint density at radius 2 is 1.76 bits per heavy atom. The van der Waals surface area contributed by atoms with E-state index in [0.29, 0.717) is 23.2 Å². The fourth-order valence-electron chi connectivity index (χ4n) is 5.07. The van der Waals surface area contributed by atoms with Crippen LogP contribution in [0.4, 0.5) is 10.5 Å². The molecule has 0 aromatic heterocycles. The van der Waals surface area contributed by atoms with Crippen molar-refractivity contribution >= 4 is 29.8 Å². The van der Waals surface area contributed by atoms with Crippen LogP contribution in [0.2, 0.25) is 0 Å². The fraction of sp³-hybridized carbons (Fsp3) is 0.333. The number of fused-ring (bicyclic) bond motifs is 2. The lowest BCUT2D eigenvalue weighted by atomic mass is 9.57. The number of carbonyl (C=O) groups excluding carboxylic acids is 4. The van der Waals surface area contributed by atoms with Gasteiger partial charge in [-0.15, -0.1) is 0 Å². The van der Waals surface area contributed by atoms with Gasteiger partial charge < -0.3 is 9.53 Å².